The fourth-order valence-electron chi connectivity index (χ4n) is 1.95. The quantitative estimate of drug-likeness (QED) is 0.703. The van der Waals surface area contributed by atoms with Gasteiger partial charge in [0, 0.05) is 18.7 Å². The van der Waals surface area contributed by atoms with Crippen molar-refractivity contribution in [3.05, 3.63) is 24.2 Å². The summed E-state index contributed by atoms with van der Waals surface area (Å²) >= 11 is 0. The number of aromatic amines is 1. The molecule has 0 saturated carbocycles. The number of pyridine rings is 1. The predicted molar refractivity (Wildman–Crippen MR) is 54.1 cm³/mol. The molecule has 1 aliphatic rings. The number of imidazole rings is 1. The van der Waals surface area contributed by atoms with Crippen LogP contribution in [0.2, 0.25) is 0 Å². The maximum absolute atomic E-state index is 4.49. The number of nitrogens with zero attached hydrogens (tertiary/aromatic N) is 2. The molecule has 2 aromatic heterocycles. The van der Waals surface area contributed by atoms with E-state index in [1.54, 1.807) is 6.20 Å². The number of rotatable bonds is 1. The Morgan fingerprint density at radius 1 is 1.43 bits per heavy atom. The zero-order chi connectivity index (χ0) is 9.38. The lowest BCUT2D eigenvalue weighted by molar-refractivity contribution is 0.717. The lowest BCUT2D eigenvalue weighted by Gasteiger charge is -2.01. The molecule has 1 aliphatic heterocycles. The van der Waals surface area contributed by atoms with Gasteiger partial charge in [-0.2, -0.15) is 0 Å². The van der Waals surface area contributed by atoms with Gasteiger partial charge in [-0.05, 0) is 25.1 Å². The van der Waals surface area contributed by atoms with E-state index in [1.165, 1.54) is 6.42 Å². The summed E-state index contributed by atoms with van der Waals surface area (Å²) in [6.07, 6.45) is 2.94. The second kappa shape index (κ2) is 3.06. The Kier molecular flexibility index (Phi) is 1.73. The van der Waals surface area contributed by atoms with Crippen LogP contribution >= 0.6 is 0 Å². The number of aromatic nitrogens is 3. The molecule has 4 nitrogen and oxygen atoms in total. The highest BCUT2D eigenvalue weighted by atomic mass is 15.0. The van der Waals surface area contributed by atoms with E-state index >= 15 is 0 Å². The van der Waals surface area contributed by atoms with Crippen LogP contribution in [0.1, 0.15) is 18.2 Å². The Morgan fingerprint density at radius 3 is 3.21 bits per heavy atom. The summed E-state index contributed by atoms with van der Waals surface area (Å²) in [5.74, 6) is 1.60. The molecule has 0 bridgehead atoms. The molecule has 1 saturated heterocycles. The third-order valence-corrected chi connectivity index (χ3v) is 2.72. The minimum atomic E-state index is 0.532. The normalized spacial score (nSPS) is 21.9. The first kappa shape index (κ1) is 7.94. The Bertz CT molecular complexity index is 409. The summed E-state index contributed by atoms with van der Waals surface area (Å²) < 4.78 is 0. The molecule has 0 amide bonds. The Labute approximate surface area is 81.8 Å². The van der Waals surface area contributed by atoms with E-state index < -0.39 is 0 Å². The molecule has 0 aliphatic carbocycles. The van der Waals surface area contributed by atoms with Crippen molar-refractivity contribution in [3.8, 4) is 0 Å². The lowest BCUT2D eigenvalue weighted by Crippen LogP contribution is -2.08. The molecular formula is C10H12N4. The number of hydrogen-bond donors (Lipinski definition) is 2. The number of hydrogen-bond acceptors (Lipinski definition) is 3. The molecule has 72 valence electrons. The lowest BCUT2D eigenvalue weighted by atomic mass is 10.1. The van der Waals surface area contributed by atoms with Crippen LogP contribution < -0.4 is 5.32 Å². The van der Waals surface area contributed by atoms with Gasteiger partial charge in [-0.1, -0.05) is 0 Å². The van der Waals surface area contributed by atoms with E-state index in [2.05, 4.69) is 20.3 Å². The van der Waals surface area contributed by atoms with Crippen molar-refractivity contribution < 1.29 is 0 Å². The van der Waals surface area contributed by atoms with E-state index in [-0.39, 0.29) is 0 Å². The molecule has 3 rings (SSSR count). The molecule has 3 heterocycles. The molecule has 2 N–H and O–H groups in total. The smallest absolute Gasteiger partial charge is 0.177 e. The van der Waals surface area contributed by atoms with Gasteiger partial charge in [-0.25, -0.2) is 9.97 Å². The second-order valence-electron chi connectivity index (χ2n) is 3.69. The standard InChI is InChI=1S/C10H12N4/c1-2-8-10(12-4-1)14-9(13-8)7-3-5-11-6-7/h1-2,4,7,11H,3,5-6H2,(H,12,13,14)/t7-/m1/s1. The van der Waals surface area contributed by atoms with E-state index in [9.17, 15) is 0 Å². The van der Waals surface area contributed by atoms with Crippen molar-refractivity contribution in [1.82, 2.24) is 20.3 Å². The highest BCUT2D eigenvalue weighted by Gasteiger charge is 2.19. The summed E-state index contributed by atoms with van der Waals surface area (Å²) in [6, 6.07) is 3.94. The van der Waals surface area contributed by atoms with Crippen molar-refractivity contribution in [1.29, 1.82) is 0 Å². The van der Waals surface area contributed by atoms with Gasteiger partial charge in [-0.3, -0.25) is 0 Å². The van der Waals surface area contributed by atoms with Gasteiger partial charge in [-0.15, -0.1) is 0 Å². The third-order valence-electron chi connectivity index (χ3n) is 2.72. The van der Waals surface area contributed by atoms with Crippen molar-refractivity contribution >= 4 is 11.2 Å². The highest BCUT2D eigenvalue weighted by Crippen LogP contribution is 2.21. The molecular weight excluding hydrogens is 176 g/mol. The Hall–Kier alpha value is -1.42. The first-order valence-electron chi connectivity index (χ1n) is 4.95. The van der Waals surface area contributed by atoms with E-state index in [0.717, 1.165) is 30.1 Å². The van der Waals surface area contributed by atoms with Gasteiger partial charge in [0.25, 0.3) is 0 Å². The van der Waals surface area contributed by atoms with Gasteiger partial charge >= 0.3 is 0 Å². The summed E-state index contributed by atoms with van der Waals surface area (Å²) in [6.45, 7) is 2.12. The number of H-pyrrole nitrogens is 1. The Balaban J connectivity index is 2.05. The van der Waals surface area contributed by atoms with Crippen LogP contribution in [0.3, 0.4) is 0 Å². The first-order chi connectivity index (χ1) is 6.93. The topological polar surface area (TPSA) is 53.6 Å². The van der Waals surface area contributed by atoms with Gasteiger partial charge in [0.1, 0.15) is 5.82 Å². The summed E-state index contributed by atoms with van der Waals surface area (Å²) in [5.41, 5.74) is 1.86. The summed E-state index contributed by atoms with van der Waals surface area (Å²) in [4.78, 5) is 12.0. The molecule has 0 unspecified atom stereocenters. The SMILES string of the molecule is c1cnc2nc([C@@H]3CCNC3)[nH]c2c1. The van der Waals surface area contributed by atoms with Crippen LogP contribution in [-0.4, -0.2) is 28.0 Å². The van der Waals surface area contributed by atoms with Gasteiger partial charge in [0.15, 0.2) is 5.65 Å². The molecule has 0 radical (unpaired) electrons. The zero-order valence-electron chi connectivity index (χ0n) is 7.83. The third kappa shape index (κ3) is 1.19. The summed E-state index contributed by atoms with van der Waals surface area (Å²) in [5, 5.41) is 3.33. The molecule has 1 fully saturated rings. The van der Waals surface area contributed by atoms with E-state index in [4.69, 9.17) is 0 Å². The predicted octanol–water partition coefficient (Wildman–Crippen LogP) is 1.03. The van der Waals surface area contributed by atoms with Gasteiger partial charge in [0.05, 0.1) is 5.52 Å². The average molecular weight is 188 g/mol. The highest BCUT2D eigenvalue weighted by molar-refractivity contribution is 5.70. The average Bonchev–Trinajstić information content (AvgIpc) is 2.86. The minimum absolute atomic E-state index is 0.532. The molecule has 4 heteroatoms. The van der Waals surface area contributed by atoms with Crippen molar-refractivity contribution in [2.24, 2.45) is 0 Å². The van der Waals surface area contributed by atoms with Gasteiger partial charge in [0.2, 0.25) is 0 Å². The van der Waals surface area contributed by atoms with Crippen molar-refractivity contribution in [3.63, 3.8) is 0 Å². The second-order valence-corrected chi connectivity index (χ2v) is 3.69. The number of nitrogens with one attached hydrogen (secondary N) is 2. The Morgan fingerprint density at radius 2 is 2.43 bits per heavy atom. The zero-order valence-corrected chi connectivity index (χ0v) is 7.83. The molecule has 14 heavy (non-hydrogen) atoms. The molecule has 0 aromatic carbocycles. The van der Waals surface area contributed by atoms with E-state index in [0.29, 0.717) is 5.92 Å². The largest absolute Gasteiger partial charge is 0.340 e. The van der Waals surface area contributed by atoms with Crippen LogP contribution in [0.4, 0.5) is 0 Å². The van der Waals surface area contributed by atoms with Crippen molar-refractivity contribution in [2.45, 2.75) is 12.3 Å². The molecule has 0 spiro atoms. The van der Waals surface area contributed by atoms with Crippen LogP contribution in [-0.2, 0) is 0 Å². The van der Waals surface area contributed by atoms with Crippen LogP contribution in [0.5, 0.6) is 0 Å². The first-order valence-corrected chi connectivity index (χ1v) is 4.95. The monoisotopic (exact) mass is 188 g/mol. The summed E-state index contributed by atoms with van der Waals surface area (Å²) in [7, 11) is 0. The maximum Gasteiger partial charge on any atom is 0.177 e. The number of fused-ring (bicyclic) bond motifs is 1. The maximum atomic E-state index is 4.49. The van der Waals surface area contributed by atoms with Crippen LogP contribution in [0, 0.1) is 0 Å². The van der Waals surface area contributed by atoms with Crippen LogP contribution in [0.15, 0.2) is 18.3 Å². The van der Waals surface area contributed by atoms with Gasteiger partial charge < -0.3 is 10.3 Å². The molecule has 1 atom stereocenters. The van der Waals surface area contributed by atoms with E-state index in [1.807, 2.05) is 12.1 Å². The van der Waals surface area contributed by atoms with Crippen LogP contribution in [0.25, 0.3) is 11.2 Å². The minimum Gasteiger partial charge on any atom is -0.340 e. The fraction of sp³-hybridized carbons (Fsp3) is 0.400. The van der Waals surface area contributed by atoms with Crippen molar-refractivity contribution in [2.75, 3.05) is 13.1 Å². The molecule has 2 aromatic rings. The fourth-order valence-corrected chi connectivity index (χ4v) is 1.95.